The number of hydrogen-bond acceptors (Lipinski definition) is 6. The Morgan fingerprint density at radius 1 is 0.237 bits per heavy atom. The number of rotatable bonds is 10. The Kier molecular flexibility index (Phi) is 18.0. The molecular formula is C107H71BrN2O2S2. The lowest BCUT2D eigenvalue weighted by molar-refractivity contribution is 0.669. The first-order valence-corrected chi connectivity index (χ1v) is 40.5. The van der Waals surface area contributed by atoms with E-state index < -0.39 is 0 Å². The monoisotopic (exact) mass is 1560 g/mol. The molecule has 4 heterocycles. The van der Waals surface area contributed by atoms with E-state index in [-0.39, 0.29) is 7.43 Å². The van der Waals surface area contributed by atoms with Crippen molar-refractivity contribution in [1.82, 2.24) is 0 Å². The minimum atomic E-state index is 0. The van der Waals surface area contributed by atoms with Gasteiger partial charge in [0.15, 0.2) is 0 Å². The van der Waals surface area contributed by atoms with Crippen LogP contribution in [0.15, 0.2) is 414 Å². The van der Waals surface area contributed by atoms with Crippen molar-refractivity contribution < 1.29 is 8.83 Å². The van der Waals surface area contributed by atoms with E-state index in [9.17, 15) is 0 Å². The number of nitrogens with one attached hydrogen (secondary N) is 1. The quantitative estimate of drug-likeness (QED) is 0.148. The van der Waals surface area contributed by atoms with Gasteiger partial charge in [-0.2, -0.15) is 0 Å². The molecule has 23 aromatic rings. The number of anilines is 5. The van der Waals surface area contributed by atoms with Crippen LogP contribution in [-0.2, 0) is 0 Å². The van der Waals surface area contributed by atoms with Crippen LogP contribution in [0.2, 0.25) is 0 Å². The largest absolute Gasteiger partial charge is 0.456 e. The molecule has 19 aromatic carbocycles. The third-order valence-electron chi connectivity index (χ3n) is 22.1. The van der Waals surface area contributed by atoms with Gasteiger partial charge in [-0.1, -0.05) is 321 Å². The molecule has 7 heteroatoms. The Morgan fingerprint density at radius 2 is 0.579 bits per heavy atom. The summed E-state index contributed by atoms with van der Waals surface area (Å²) in [6.07, 6.45) is 0. The van der Waals surface area contributed by atoms with E-state index in [0.717, 1.165) is 71.8 Å². The van der Waals surface area contributed by atoms with Gasteiger partial charge in [-0.05, 0) is 202 Å². The fourth-order valence-electron chi connectivity index (χ4n) is 16.6. The third kappa shape index (κ3) is 12.7. The molecule has 1 N–H and O–H groups in total. The molecule has 4 nitrogen and oxygen atoms in total. The summed E-state index contributed by atoms with van der Waals surface area (Å²) in [7, 11) is 0. The Morgan fingerprint density at radius 3 is 1.06 bits per heavy atom. The summed E-state index contributed by atoms with van der Waals surface area (Å²) >= 11 is 7.28. The molecule has 4 aromatic heterocycles. The van der Waals surface area contributed by atoms with Crippen molar-refractivity contribution in [2.45, 2.75) is 7.43 Å². The average Bonchev–Trinajstić information content (AvgIpc) is 1.57. The normalized spacial score (nSPS) is 11.5. The molecule has 0 spiro atoms. The van der Waals surface area contributed by atoms with Crippen LogP contribution >= 0.6 is 38.6 Å². The highest BCUT2D eigenvalue weighted by molar-refractivity contribution is 9.10. The Bertz CT molecular complexity index is 7560. The zero-order valence-corrected chi connectivity index (χ0v) is 64.3. The van der Waals surface area contributed by atoms with Gasteiger partial charge in [-0.15, -0.1) is 22.7 Å². The van der Waals surface area contributed by atoms with E-state index in [0.29, 0.717) is 0 Å². The molecule has 0 aliphatic rings. The van der Waals surface area contributed by atoms with Crippen LogP contribution in [0.1, 0.15) is 7.43 Å². The van der Waals surface area contributed by atoms with Gasteiger partial charge < -0.3 is 19.1 Å². The summed E-state index contributed by atoms with van der Waals surface area (Å²) < 4.78 is 19.0. The summed E-state index contributed by atoms with van der Waals surface area (Å²) in [6, 6.07) is 143. The minimum Gasteiger partial charge on any atom is -0.456 e. The molecule has 0 fully saturated rings. The van der Waals surface area contributed by atoms with Crippen molar-refractivity contribution in [2.24, 2.45) is 0 Å². The standard InChI is InChI=1S/C50H31NOS.C34H23NS.C22H13BrO.CH4/c1-2-10-32(11-3-1)33-18-23-36(24-19-33)51(38-27-29-41-43-28-22-34-12-4-5-13-39(34)50(43)53-48(41)30-38)37-25-20-35(21-26-37)45-31-47-49(42-15-7-6-14-40(42)45)44-16-8-9-17-46(44)52-47;1-2-6-23(7-3-1)24-10-16-28(17-11-24)35-29-18-12-25(13-19-29)27-15-20-31-32-21-14-26-8-4-5-9-30(26)34(32)36-33(31)22-27;23-15-11-9-14(10-12-15)19-13-21-22(17-6-2-1-5-16(17)19)18-7-3-4-8-20(18)24-21;/h1-31H;1-22,35H;1-13H;1H4. The van der Waals surface area contributed by atoms with E-state index in [2.05, 4.69) is 402 Å². The molecule has 23 rings (SSSR count). The van der Waals surface area contributed by atoms with Crippen LogP contribution in [0, 0.1) is 0 Å². The molecule has 0 unspecified atom stereocenters. The maximum Gasteiger partial charge on any atom is 0.136 e. The number of para-hydroxylation sites is 2. The van der Waals surface area contributed by atoms with E-state index >= 15 is 0 Å². The highest BCUT2D eigenvalue weighted by Crippen LogP contribution is 2.47. The predicted molar refractivity (Wildman–Crippen MR) is 496 cm³/mol. The van der Waals surface area contributed by atoms with Gasteiger partial charge in [0.2, 0.25) is 0 Å². The Balaban J connectivity index is 0.000000119. The molecule has 0 radical (unpaired) electrons. The lowest BCUT2D eigenvalue weighted by Crippen LogP contribution is -2.09. The van der Waals surface area contributed by atoms with Crippen molar-refractivity contribution in [3.05, 3.63) is 405 Å². The average molecular weight is 1560 g/mol. The summed E-state index contributed by atoms with van der Waals surface area (Å²) in [5.74, 6) is 0. The molecule has 0 saturated heterocycles. The Labute approximate surface area is 676 Å². The second-order valence-corrected chi connectivity index (χ2v) is 31.8. The number of furan rings is 2. The van der Waals surface area contributed by atoms with Crippen LogP contribution in [0.3, 0.4) is 0 Å². The SMILES string of the molecule is Brc1ccc(-c2cc3oc4ccccc4c3c3ccccc23)cc1.C.c1ccc(-c2ccc(N(c3ccc(-c4cc5oc6ccccc6c5c5ccccc45)cc3)c3ccc4c(c3)sc3c5ccccc5ccc43)cc2)cc1.c1ccc(-c2ccc(Nc3ccc(-c4ccc5c(c4)sc4c6ccccc6ccc54)cc3)cc2)cc1. The molecule has 0 aliphatic carbocycles. The van der Waals surface area contributed by atoms with Gasteiger partial charge in [0.1, 0.15) is 22.3 Å². The van der Waals surface area contributed by atoms with Gasteiger partial charge in [0.25, 0.3) is 0 Å². The summed E-state index contributed by atoms with van der Waals surface area (Å²) in [6.45, 7) is 0. The van der Waals surface area contributed by atoms with Crippen LogP contribution in [0.4, 0.5) is 28.4 Å². The van der Waals surface area contributed by atoms with Crippen molar-refractivity contribution in [2.75, 3.05) is 10.2 Å². The molecule has 0 bridgehead atoms. The highest BCUT2D eigenvalue weighted by Gasteiger charge is 2.21. The topological polar surface area (TPSA) is 41.6 Å². The number of halogens is 1. The van der Waals surface area contributed by atoms with Gasteiger partial charge in [-0.3, -0.25) is 0 Å². The van der Waals surface area contributed by atoms with E-state index in [1.807, 2.05) is 46.9 Å². The first-order valence-electron chi connectivity index (χ1n) is 38.1. The summed E-state index contributed by atoms with van der Waals surface area (Å²) in [5.41, 5.74) is 21.2. The smallest absolute Gasteiger partial charge is 0.136 e. The second-order valence-electron chi connectivity index (χ2n) is 28.8. The van der Waals surface area contributed by atoms with Gasteiger partial charge in [0.05, 0.1) is 0 Å². The van der Waals surface area contributed by atoms with Crippen molar-refractivity contribution in [3.63, 3.8) is 0 Å². The van der Waals surface area contributed by atoms with E-state index in [1.165, 1.54) is 144 Å². The predicted octanol–water partition coefficient (Wildman–Crippen LogP) is 33.2. The molecular weight excluding hydrogens is 1490 g/mol. The maximum absolute atomic E-state index is 6.42. The van der Waals surface area contributed by atoms with Crippen molar-refractivity contribution >= 4 is 194 Å². The fraction of sp³-hybridized carbons (Fsp3) is 0.00935. The lowest BCUT2D eigenvalue weighted by Gasteiger charge is -2.26. The number of hydrogen-bond donors (Lipinski definition) is 1. The summed E-state index contributed by atoms with van der Waals surface area (Å²) in [5, 5.41) is 23.6. The zero-order chi connectivity index (χ0) is 74.9. The third-order valence-corrected chi connectivity index (χ3v) is 25.0. The molecule has 540 valence electrons. The van der Waals surface area contributed by atoms with Gasteiger partial charge in [0, 0.05) is 94.8 Å². The highest BCUT2D eigenvalue weighted by atomic mass is 79.9. The summed E-state index contributed by atoms with van der Waals surface area (Å²) in [4.78, 5) is 2.38. The van der Waals surface area contributed by atoms with Crippen LogP contribution in [-0.4, -0.2) is 0 Å². The molecule has 0 atom stereocenters. The van der Waals surface area contributed by atoms with Crippen molar-refractivity contribution in [1.29, 1.82) is 0 Å². The number of thiophene rings is 2. The molecule has 0 saturated carbocycles. The fourth-order valence-corrected chi connectivity index (χ4v) is 19.4. The van der Waals surface area contributed by atoms with Gasteiger partial charge in [-0.25, -0.2) is 0 Å². The van der Waals surface area contributed by atoms with E-state index in [1.54, 1.807) is 0 Å². The van der Waals surface area contributed by atoms with Crippen LogP contribution in [0.25, 0.3) is 183 Å². The molecule has 0 amide bonds. The molecule has 114 heavy (non-hydrogen) atoms. The first-order chi connectivity index (χ1) is 55.9. The van der Waals surface area contributed by atoms with Gasteiger partial charge >= 0.3 is 0 Å². The first kappa shape index (κ1) is 69.5. The molecule has 0 aliphatic heterocycles. The second kappa shape index (κ2) is 29.5. The number of nitrogens with zero attached hydrogens (tertiary/aromatic N) is 1. The Hall–Kier alpha value is -13.7. The van der Waals surface area contributed by atoms with Crippen LogP contribution in [0.5, 0.6) is 0 Å². The number of fused-ring (bicyclic) bond motifs is 20. The lowest BCUT2D eigenvalue weighted by atomic mass is 9.94. The number of benzene rings is 19. The van der Waals surface area contributed by atoms with Crippen molar-refractivity contribution in [3.8, 4) is 55.6 Å². The van der Waals surface area contributed by atoms with Crippen LogP contribution < -0.4 is 10.2 Å². The maximum atomic E-state index is 6.42. The van der Waals surface area contributed by atoms with E-state index in [4.69, 9.17) is 8.83 Å². The zero-order valence-electron chi connectivity index (χ0n) is 61.1. The minimum absolute atomic E-state index is 0.